The van der Waals surface area contributed by atoms with E-state index in [9.17, 15) is 8.42 Å². The lowest BCUT2D eigenvalue weighted by molar-refractivity contribution is 0.376. The van der Waals surface area contributed by atoms with Gasteiger partial charge in [-0.15, -0.1) is 15.7 Å². The first-order chi connectivity index (χ1) is 11.2. The van der Waals surface area contributed by atoms with Crippen LogP contribution in [0.1, 0.15) is 20.8 Å². The largest absolute Gasteiger partial charge is 0.354 e. The van der Waals surface area contributed by atoms with E-state index in [0.717, 1.165) is 0 Å². The predicted octanol–water partition coefficient (Wildman–Crippen LogP) is 2.03. The molecule has 2 aromatic heterocycles. The average molecular weight is 389 g/mol. The first kappa shape index (κ1) is 17.2. The van der Waals surface area contributed by atoms with Crippen LogP contribution in [0.2, 0.25) is 5.15 Å². The Morgan fingerprint density at radius 2 is 2.29 bits per heavy atom. The molecular weight excluding hydrogens is 372 g/mol. The van der Waals surface area contributed by atoms with Gasteiger partial charge in [0.1, 0.15) is 0 Å². The maximum absolute atomic E-state index is 12.8. The van der Waals surface area contributed by atoms with Gasteiger partial charge < -0.3 is 5.32 Å². The van der Waals surface area contributed by atoms with E-state index in [1.54, 1.807) is 22.8 Å². The van der Waals surface area contributed by atoms with E-state index in [0.29, 0.717) is 18.1 Å². The van der Waals surface area contributed by atoms with Crippen LogP contribution in [-0.4, -0.2) is 48.1 Å². The van der Waals surface area contributed by atoms with Crippen LogP contribution in [0, 0.1) is 5.41 Å². The van der Waals surface area contributed by atoms with Crippen molar-refractivity contribution in [2.45, 2.75) is 25.8 Å². The van der Waals surface area contributed by atoms with E-state index < -0.39 is 10.0 Å². The van der Waals surface area contributed by atoms with Crippen LogP contribution in [0.4, 0.5) is 0 Å². The molecule has 0 saturated heterocycles. The number of guanidine groups is 1. The normalized spacial score (nSPS) is 17.8. The van der Waals surface area contributed by atoms with Crippen LogP contribution in [0.25, 0.3) is 4.96 Å². The number of hydrogen-bond donors (Lipinski definition) is 1. The number of hydrogen-bond acceptors (Lipinski definition) is 5. The minimum Gasteiger partial charge on any atom is -0.354 e. The molecule has 11 heteroatoms. The average Bonchev–Trinajstić information content (AvgIpc) is 3.11. The molecule has 1 aliphatic heterocycles. The Balaban J connectivity index is 2.04. The van der Waals surface area contributed by atoms with E-state index in [1.165, 1.54) is 15.7 Å². The number of nitrogens with zero attached hydrogens (tertiary/aromatic N) is 5. The smallest absolute Gasteiger partial charge is 0.304 e. The second kappa shape index (κ2) is 6.01. The standard InChI is InChI=1S/C13H17ClN6O2S2/c1-4-15-11(20-8-13(2,3)7-16-20)18-24(21,22)10-9(14)17-12-19(10)5-6-23-12/h5-7H,4,8H2,1-3H3,(H,15,18). The van der Waals surface area contributed by atoms with Crippen LogP contribution in [0.3, 0.4) is 0 Å². The van der Waals surface area contributed by atoms with Crippen molar-refractivity contribution in [2.75, 3.05) is 13.1 Å². The van der Waals surface area contributed by atoms with Gasteiger partial charge in [-0.25, -0.2) is 9.99 Å². The molecule has 24 heavy (non-hydrogen) atoms. The molecule has 130 valence electrons. The third-order valence-electron chi connectivity index (χ3n) is 3.31. The van der Waals surface area contributed by atoms with Gasteiger partial charge in [-0.2, -0.15) is 13.5 Å². The molecule has 0 amide bonds. The molecule has 0 saturated carbocycles. The third kappa shape index (κ3) is 3.13. The summed E-state index contributed by atoms with van der Waals surface area (Å²) in [4.78, 5) is 4.55. The van der Waals surface area contributed by atoms with Crippen LogP contribution in [0.5, 0.6) is 0 Å². The van der Waals surface area contributed by atoms with Crippen LogP contribution in [0.15, 0.2) is 26.1 Å². The highest BCUT2D eigenvalue weighted by Gasteiger charge is 2.31. The van der Waals surface area contributed by atoms with E-state index in [-0.39, 0.29) is 21.6 Å². The van der Waals surface area contributed by atoms with Crippen molar-refractivity contribution in [2.24, 2.45) is 14.9 Å². The van der Waals surface area contributed by atoms with Crippen molar-refractivity contribution in [3.05, 3.63) is 16.7 Å². The molecule has 2 aromatic rings. The second-order valence-corrected chi connectivity index (χ2v) is 8.72. The highest BCUT2D eigenvalue weighted by Crippen LogP contribution is 2.27. The predicted molar refractivity (Wildman–Crippen MR) is 95.4 cm³/mol. The molecule has 3 rings (SSSR count). The first-order valence-electron chi connectivity index (χ1n) is 7.26. The molecule has 0 radical (unpaired) electrons. The summed E-state index contributed by atoms with van der Waals surface area (Å²) in [5, 5.41) is 10.2. The number of imidazole rings is 1. The Kier molecular flexibility index (Phi) is 4.30. The molecule has 0 spiro atoms. The van der Waals surface area contributed by atoms with Crippen LogP contribution >= 0.6 is 22.9 Å². The zero-order chi connectivity index (χ0) is 17.5. The van der Waals surface area contributed by atoms with Crippen LogP contribution < -0.4 is 5.32 Å². The van der Waals surface area contributed by atoms with Gasteiger partial charge >= 0.3 is 10.0 Å². The van der Waals surface area contributed by atoms with E-state index in [4.69, 9.17) is 11.6 Å². The Labute approximate surface area is 148 Å². The summed E-state index contributed by atoms with van der Waals surface area (Å²) in [6, 6.07) is 0. The van der Waals surface area contributed by atoms with Gasteiger partial charge in [0.05, 0.1) is 6.54 Å². The van der Waals surface area contributed by atoms with Gasteiger partial charge in [0, 0.05) is 29.8 Å². The van der Waals surface area contributed by atoms with Crippen molar-refractivity contribution in [3.63, 3.8) is 0 Å². The van der Waals surface area contributed by atoms with Gasteiger partial charge in [0.25, 0.3) is 0 Å². The molecule has 0 aromatic carbocycles. The van der Waals surface area contributed by atoms with Crippen molar-refractivity contribution in [1.29, 1.82) is 0 Å². The lowest BCUT2D eigenvalue weighted by Gasteiger charge is -2.21. The number of thiazole rings is 1. The maximum Gasteiger partial charge on any atom is 0.304 e. The van der Waals surface area contributed by atoms with Gasteiger partial charge in [0.15, 0.2) is 10.1 Å². The molecule has 0 unspecified atom stereocenters. The topological polar surface area (TPSA) is 91.4 Å². The van der Waals surface area contributed by atoms with E-state index in [2.05, 4.69) is 19.8 Å². The Bertz CT molecular complexity index is 928. The fourth-order valence-electron chi connectivity index (χ4n) is 2.28. The monoisotopic (exact) mass is 388 g/mol. The van der Waals surface area contributed by atoms with Gasteiger partial charge in [0.2, 0.25) is 11.0 Å². The van der Waals surface area contributed by atoms with E-state index >= 15 is 0 Å². The zero-order valence-electron chi connectivity index (χ0n) is 13.4. The summed E-state index contributed by atoms with van der Waals surface area (Å²) >= 11 is 7.32. The Hall–Kier alpha value is -1.65. The number of rotatable bonds is 3. The number of fused-ring (bicyclic) bond motifs is 1. The van der Waals surface area contributed by atoms with Crippen molar-refractivity contribution < 1.29 is 8.42 Å². The summed E-state index contributed by atoms with van der Waals surface area (Å²) in [7, 11) is -4.06. The van der Waals surface area contributed by atoms with Gasteiger partial charge in [-0.3, -0.25) is 4.40 Å². The molecule has 0 aliphatic carbocycles. The number of aromatic nitrogens is 2. The number of halogens is 1. The van der Waals surface area contributed by atoms with Gasteiger partial charge in [-0.1, -0.05) is 25.4 Å². The summed E-state index contributed by atoms with van der Waals surface area (Å²) in [5.74, 6) is 0.167. The minimum absolute atomic E-state index is 0.0910. The SMILES string of the molecule is CCN/C(=N\S(=O)(=O)c1c(Cl)nc2sccn12)N1CC(C)(C)C=N1. The van der Waals surface area contributed by atoms with Crippen molar-refractivity contribution >= 4 is 50.1 Å². The fraction of sp³-hybridized carbons (Fsp3) is 0.462. The van der Waals surface area contributed by atoms with Crippen LogP contribution in [-0.2, 0) is 10.0 Å². The van der Waals surface area contributed by atoms with Crippen molar-refractivity contribution in [1.82, 2.24) is 19.7 Å². The Morgan fingerprint density at radius 1 is 1.54 bits per heavy atom. The molecule has 1 N–H and O–H groups in total. The zero-order valence-corrected chi connectivity index (χ0v) is 15.8. The number of sulfonamides is 1. The third-order valence-corrected chi connectivity index (χ3v) is 5.74. The summed E-state index contributed by atoms with van der Waals surface area (Å²) in [6.07, 6.45) is 3.38. The molecule has 0 fully saturated rings. The molecule has 0 bridgehead atoms. The van der Waals surface area contributed by atoms with Crippen molar-refractivity contribution in [3.8, 4) is 0 Å². The Morgan fingerprint density at radius 3 is 2.92 bits per heavy atom. The van der Waals surface area contributed by atoms with E-state index in [1.807, 2.05) is 20.8 Å². The molecule has 8 nitrogen and oxygen atoms in total. The molecule has 3 heterocycles. The number of nitrogens with one attached hydrogen (secondary N) is 1. The highest BCUT2D eigenvalue weighted by atomic mass is 35.5. The number of hydrazone groups is 1. The second-order valence-electron chi connectivity index (χ2n) is 5.97. The summed E-state index contributed by atoms with van der Waals surface area (Å²) < 4.78 is 30.9. The lowest BCUT2D eigenvalue weighted by atomic mass is 9.97. The molecule has 0 atom stereocenters. The molecule has 1 aliphatic rings. The first-order valence-corrected chi connectivity index (χ1v) is 9.96. The fourth-order valence-corrected chi connectivity index (χ4v) is 4.69. The quantitative estimate of drug-likeness (QED) is 0.641. The summed E-state index contributed by atoms with van der Waals surface area (Å²) in [5.41, 5.74) is -0.158. The summed E-state index contributed by atoms with van der Waals surface area (Å²) in [6.45, 7) is 6.92. The minimum atomic E-state index is -4.06. The lowest BCUT2D eigenvalue weighted by Crippen LogP contribution is -2.39. The van der Waals surface area contributed by atoms with Gasteiger partial charge in [-0.05, 0) is 6.92 Å². The highest BCUT2D eigenvalue weighted by molar-refractivity contribution is 7.90. The maximum atomic E-state index is 12.8. The molecular formula is C13H17ClN6O2S2.